The number of halogens is 1. The molecule has 1 unspecified atom stereocenters. The van der Waals surface area contributed by atoms with Crippen molar-refractivity contribution in [2.24, 2.45) is 0 Å². The quantitative estimate of drug-likeness (QED) is 0.857. The predicted octanol–water partition coefficient (Wildman–Crippen LogP) is 0.588. The number of aliphatic hydroxyl groups excluding tert-OH is 1. The van der Waals surface area contributed by atoms with Crippen LogP contribution < -0.4 is 0 Å². The summed E-state index contributed by atoms with van der Waals surface area (Å²) in [6.45, 7) is 1.16. The predicted molar refractivity (Wildman–Crippen MR) is 63.5 cm³/mol. The van der Waals surface area contributed by atoms with Gasteiger partial charge in [0.2, 0.25) is 5.91 Å². The van der Waals surface area contributed by atoms with E-state index in [1.807, 2.05) is 0 Å². The highest BCUT2D eigenvalue weighted by atomic mass is 19.1. The van der Waals surface area contributed by atoms with Crippen molar-refractivity contribution in [2.45, 2.75) is 12.5 Å². The summed E-state index contributed by atoms with van der Waals surface area (Å²) in [4.78, 5) is 13.6. The molecule has 4 nitrogen and oxygen atoms in total. The van der Waals surface area contributed by atoms with E-state index >= 15 is 0 Å². The fourth-order valence-corrected chi connectivity index (χ4v) is 1.97. The molecule has 1 atom stereocenters. The van der Waals surface area contributed by atoms with Gasteiger partial charge in [0.05, 0.1) is 25.7 Å². The largest absolute Gasteiger partial charge is 0.394 e. The van der Waals surface area contributed by atoms with E-state index in [0.29, 0.717) is 25.3 Å². The Morgan fingerprint density at radius 2 is 2.28 bits per heavy atom. The van der Waals surface area contributed by atoms with Crippen molar-refractivity contribution in [2.75, 3.05) is 26.3 Å². The molecule has 0 aromatic heterocycles. The van der Waals surface area contributed by atoms with Crippen molar-refractivity contribution >= 4 is 5.91 Å². The van der Waals surface area contributed by atoms with E-state index in [4.69, 9.17) is 9.84 Å². The maximum atomic E-state index is 13.4. The number of rotatable bonds is 3. The molecule has 1 saturated heterocycles. The average molecular weight is 253 g/mol. The zero-order valence-electron chi connectivity index (χ0n) is 10.0. The number of carbonyl (C=O) groups is 1. The van der Waals surface area contributed by atoms with Crippen LogP contribution in [0.1, 0.15) is 5.56 Å². The summed E-state index contributed by atoms with van der Waals surface area (Å²) in [5.41, 5.74) is 0.398. The summed E-state index contributed by atoms with van der Waals surface area (Å²) in [7, 11) is 0. The van der Waals surface area contributed by atoms with Crippen LogP contribution >= 0.6 is 0 Å². The van der Waals surface area contributed by atoms with Gasteiger partial charge in [0.15, 0.2) is 0 Å². The monoisotopic (exact) mass is 253 g/mol. The van der Waals surface area contributed by atoms with Crippen molar-refractivity contribution in [3.05, 3.63) is 35.6 Å². The third-order valence-electron chi connectivity index (χ3n) is 2.99. The van der Waals surface area contributed by atoms with E-state index in [1.54, 1.807) is 23.1 Å². The smallest absolute Gasteiger partial charge is 0.227 e. The zero-order valence-corrected chi connectivity index (χ0v) is 10.0. The number of hydrogen-bond acceptors (Lipinski definition) is 3. The first-order valence-corrected chi connectivity index (χ1v) is 5.94. The second kappa shape index (κ2) is 5.93. The molecular formula is C13H16FNO3. The Hall–Kier alpha value is -1.46. The first-order valence-electron chi connectivity index (χ1n) is 5.94. The van der Waals surface area contributed by atoms with Gasteiger partial charge in [0, 0.05) is 13.1 Å². The Morgan fingerprint density at radius 3 is 3.00 bits per heavy atom. The highest BCUT2D eigenvalue weighted by molar-refractivity contribution is 5.79. The number of amides is 1. The average Bonchev–Trinajstić information content (AvgIpc) is 2.41. The molecule has 98 valence electrons. The molecule has 1 aromatic rings. The molecule has 2 rings (SSSR count). The van der Waals surface area contributed by atoms with Gasteiger partial charge in [-0.1, -0.05) is 18.2 Å². The summed E-state index contributed by atoms with van der Waals surface area (Å²) in [6.07, 6.45) is -0.284. The first kappa shape index (κ1) is 13.0. The summed E-state index contributed by atoms with van der Waals surface area (Å²) >= 11 is 0. The van der Waals surface area contributed by atoms with E-state index in [9.17, 15) is 9.18 Å². The van der Waals surface area contributed by atoms with Gasteiger partial charge in [-0.15, -0.1) is 0 Å². The number of nitrogens with zero attached hydrogens (tertiary/aromatic N) is 1. The van der Waals surface area contributed by atoms with Crippen LogP contribution in [-0.2, 0) is 16.0 Å². The molecular weight excluding hydrogens is 237 g/mol. The molecule has 1 amide bonds. The van der Waals surface area contributed by atoms with Crippen molar-refractivity contribution < 1.29 is 19.0 Å². The molecule has 1 N–H and O–H groups in total. The maximum Gasteiger partial charge on any atom is 0.227 e. The van der Waals surface area contributed by atoms with Crippen LogP contribution in [0.3, 0.4) is 0 Å². The minimum absolute atomic E-state index is 0.0465. The second-order valence-corrected chi connectivity index (χ2v) is 4.28. The Labute approximate surface area is 105 Å². The van der Waals surface area contributed by atoms with E-state index in [-0.39, 0.29) is 30.9 Å². The van der Waals surface area contributed by atoms with Crippen LogP contribution in [-0.4, -0.2) is 48.3 Å². The molecule has 0 bridgehead atoms. The summed E-state index contributed by atoms with van der Waals surface area (Å²) in [6, 6.07) is 6.26. The number of aliphatic hydroxyl groups is 1. The lowest BCUT2D eigenvalue weighted by molar-refractivity contribution is -0.139. The number of benzene rings is 1. The Bertz CT molecular complexity index is 424. The van der Waals surface area contributed by atoms with Gasteiger partial charge in [0.25, 0.3) is 0 Å². The van der Waals surface area contributed by atoms with Crippen LogP contribution in [0.15, 0.2) is 24.3 Å². The topological polar surface area (TPSA) is 49.8 Å². The molecule has 0 spiro atoms. The molecule has 1 aliphatic heterocycles. The molecule has 0 radical (unpaired) electrons. The Balaban J connectivity index is 1.97. The lowest BCUT2D eigenvalue weighted by Gasteiger charge is -2.32. The van der Waals surface area contributed by atoms with Gasteiger partial charge in [-0.05, 0) is 11.6 Å². The van der Waals surface area contributed by atoms with E-state index in [1.165, 1.54) is 6.07 Å². The lowest BCUT2D eigenvalue weighted by Crippen LogP contribution is -2.47. The number of ether oxygens (including phenoxy) is 1. The summed E-state index contributed by atoms with van der Waals surface area (Å²) < 4.78 is 18.7. The molecule has 1 aliphatic rings. The molecule has 1 fully saturated rings. The Morgan fingerprint density at radius 1 is 1.50 bits per heavy atom. The minimum atomic E-state index is -0.363. The van der Waals surface area contributed by atoms with E-state index < -0.39 is 0 Å². The van der Waals surface area contributed by atoms with E-state index in [0.717, 1.165) is 0 Å². The van der Waals surface area contributed by atoms with E-state index in [2.05, 4.69) is 0 Å². The normalized spacial score (nSPS) is 19.9. The molecule has 0 saturated carbocycles. The lowest BCUT2D eigenvalue weighted by atomic mass is 10.1. The van der Waals surface area contributed by atoms with Crippen LogP contribution in [0.4, 0.5) is 4.39 Å². The summed E-state index contributed by atoms with van der Waals surface area (Å²) in [5, 5.41) is 9.00. The van der Waals surface area contributed by atoms with Gasteiger partial charge in [-0.2, -0.15) is 0 Å². The number of hydrogen-bond donors (Lipinski definition) is 1. The fraction of sp³-hybridized carbons (Fsp3) is 0.462. The molecule has 1 heterocycles. The van der Waals surface area contributed by atoms with Crippen molar-refractivity contribution in [3.8, 4) is 0 Å². The molecule has 0 aliphatic carbocycles. The molecule has 18 heavy (non-hydrogen) atoms. The number of carbonyl (C=O) groups excluding carboxylic acids is 1. The van der Waals surface area contributed by atoms with Gasteiger partial charge in [-0.25, -0.2) is 4.39 Å². The van der Waals surface area contributed by atoms with Crippen LogP contribution in [0.2, 0.25) is 0 Å². The zero-order chi connectivity index (χ0) is 13.0. The van der Waals surface area contributed by atoms with Crippen molar-refractivity contribution in [1.29, 1.82) is 0 Å². The second-order valence-electron chi connectivity index (χ2n) is 4.28. The highest BCUT2D eigenvalue weighted by Crippen LogP contribution is 2.11. The van der Waals surface area contributed by atoms with Gasteiger partial charge >= 0.3 is 0 Å². The highest BCUT2D eigenvalue weighted by Gasteiger charge is 2.24. The maximum absolute atomic E-state index is 13.4. The van der Waals surface area contributed by atoms with Crippen LogP contribution in [0.5, 0.6) is 0 Å². The number of morpholine rings is 1. The van der Waals surface area contributed by atoms with Gasteiger partial charge < -0.3 is 14.7 Å². The SMILES string of the molecule is O=C(Cc1ccccc1F)N1CCOC(CO)C1. The Kier molecular flexibility index (Phi) is 4.28. The van der Waals surface area contributed by atoms with Crippen molar-refractivity contribution in [1.82, 2.24) is 4.90 Å². The van der Waals surface area contributed by atoms with Gasteiger partial charge in [0.1, 0.15) is 5.82 Å². The summed E-state index contributed by atoms with van der Waals surface area (Å²) in [5.74, 6) is -0.500. The third-order valence-corrected chi connectivity index (χ3v) is 2.99. The fourth-order valence-electron chi connectivity index (χ4n) is 1.97. The molecule has 1 aromatic carbocycles. The van der Waals surface area contributed by atoms with Crippen LogP contribution in [0.25, 0.3) is 0 Å². The minimum Gasteiger partial charge on any atom is -0.394 e. The van der Waals surface area contributed by atoms with Gasteiger partial charge in [-0.3, -0.25) is 4.79 Å². The first-order chi connectivity index (χ1) is 8.70. The van der Waals surface area contributed by atoms with Crippen molar-refractivity contribution in [3.63, 3.8) is 0 Å². The van der Waals surface area contributed by atoms with Crippen LogP contribution in [0, 0.1) is 5.82 Å². The third kappa shape index (κ3) is 3.05. The standard InChI is InChI=1S/C13H16FNO3/c14-12-4-2-1-3-10(12)7-13(17)15-5-6-18-11(8-15)9-16/h1-4,11,16H,5-9H2. The molecule has 5 heteroatoms.